The second-order valence-corrected chi connectivity index (χ2v) is 3.61. The molecule has 0 amide bonds. The predicted molar refractivity (Wildman–Crippen MR) is 75.0 cm³/mol. The average molecular weight is 338 g/mol. The van der Waals surface area contributed by atoms with E-state index in [4.69, 9.17) is 20.6 Å². The molecule has 0 aromatic heterocycles. The zero-order valence-corrected chi connectivity index (χ0v) is 11.7. The van der Waals surface area contributed by atoms with Crippen LogP contribution in [-0.4, -0.2) is 33.1 Å². The van der Waals surface area contributed by atoms with E-state index in [0.29, 0.717) is 11.1 Å². The van der Waals surface area contributed by atoms with E-state index in [2.05, 4.69) is 10.3 Å². The smallest absolute Gasteiger partial charge is 0.124 e. The summed E-state index contributed by atoms with van der Waals surface area (Å²) in [6.45, 7) is 0. The fourth-order valence-electron chi connectivity index (χ4n) is 1.32. The molecule has 0 spiro atoms. The van der Waals surface area contributed by atoms with Crippen molar-refractivity contribution in [3.63, 3.8) is 0 Å². The van der Waals surface area contributed by atoms with Crippen molar-refractivity contribution in [2.75, 3.05) is 0 Å². The topological polar surface area (TPSA) is 106 Å². The van der Waals surface area contributed by atoms with Gasteiger partial charge in [-0.25, -0.2) is 0 Å². The molecule has 0 aliphatic rings. The van der Waals surface area contributed by atoms with E-state index < -0.39 is 0 Å². The molecule has 0 unspecified atom stereocenters. The number of phenols is 2. The molecule has 115 valence electrons. The molecule has 4 N–H and O–H groups in total. The maximum atomic E-state index is 9.04. The first kappa shape index (κ1) is 18.5. The molecular weight excluding hydrogens is 324 g/mol. The number of hydrogen-bond donors (Lipinski definition) is 4. The van der Waals surface area contributed by atoms with Gasteiger partial charge in [-0.15, -0.1) is 0 Å². The van der Waals surface area contributed by atoms with Gasteiger partial charge in [0.2, 0.25) is 0 Å². The molecule has 0 bridgehead atoms. The Hall–Kier alpha value is -2.50. The first-order valence-electron chi connectivity index (χ1n) is 5.60. The fraction of sp³-hybridized carbons (Fsp3) is 0. The van der Waals surface area contributed by atoms with Crippen molar-refractivity contribution >= 4 is 12.4 Å². The summed E-state index contributed by atoms with van der Waals surface area (Å²) in [5, 5.41) is 39.8. The van der Waals surface area contributed by atoms with Crippen LogP contribution in [0.15, 0.2) is 58.8 Å². The van der Waals surface area contributed by atoms with Crippen LogP contribution in [0, 0.1) is 0 Å². The molecule has 0 saturated heterocycles. The summed E-state index contributed by atoms with van der Waals surface area (Å²) < 4.78 is 0. The summed E-state index contributed by atoms with van der Waals surface area (Å²) in [6, 6.07) is 13.2. The van der Waals surface area contributed by atoms with Crippen LogP contribution in [0.1, 0.15) is 11.1 Å². The standard InChI is InChI=1S/2C7H7NO2.Cu/c2*9-7-4-2-1-3-6(7)5-8-10;/h2*1-5,9-10H;/b2*8-5+;. The van der Waals surface area contributed by atoms with Crippen molar-refractivity contribution in [2.24, 2.45) is 10.3 Å². The first-order valence-corrected chi connectivity index (χ1v) is 5.60. The van der Waals surface area contributed by atoms with Crippen molar-refractivity contribution in [3.05, 3.63) is 59.7 Å². The van der Waals surface area contributed by atoms with Crippen LogP contribution in [0.3, 0.4) is 0 Å². The average Bonchev–Trinajstić information content (AvgIpc) is 2.45. The number of phenolic OH excluding ortho intramolecular Hbond substituents is 2. The quantitative estimate of drug-likeness (QED) is 0.292. The van der Waals surface area contributed by atoms with Gasteiger partial charge in [0.25, 0.3) is 0 Å². The van der Waals surface area contributed by atoms with Crippen LogP contribution in [0.5, 0.6) is 11.5 Å². The molecule has 0 aliphatic carbocycles. The van der Waals surface area contributed by atoms with E-state index in [1.54, 1.807) is 36.4 Å². The van der Waals surface area contributed by atoms with Gasteiger partial charge in [-0.3, -0.25) is 0 Å². The van der Waals surface area contributed by atoms with E-state index in [-0.39, 0.29) is 28.6 Å². The summed E-state index contributed by atoms with van der Waals surface area (Å²) in [5.74, 6) is 0.223. The van der Waals surface area contributed by atoms with E-state index in [0.717, 1.165) is 0 Å². The second kappa shape index (κ2) is 10.3. The van der Waals surface area contributed by atoms with Gasteiger partial charge < -0.3 is 20.6 Å². The van der Waals surface area contributed by atoms with Gasteiger partial charge in [0.05, 0.1) is 12.4 Å². The zero-order valence-electron chi connectivity index (χ0n) is 10.8. The maximum Gasteiger partial charge on any atom is 0.124 e. The molecule has 0 saturated carbocycles. The van der Waals surface area contributed by atoms with Gasteiger partial charge in [-0.1, -0.05) is 34.6 Å². The van der Waals surface area contributed by atoms with Crippen LogP contribution < -0.4 is 0 Å². The Balaban J connectivity index is 0.000000364. The first-order chi connectivity index (χ1) is 9.69. The van der Waals surface area contributed by atoms with Gasteiger partial charge >= 0.3 is 0 Å². The molecule has 2 aromatic carbocycles. The molecule has 1 radical (unpaired) electrons. The molecule has 0 heterocycles. The summed E-state index contributed by atoms with van der Waals surface area (Å²) >= 11 is 0. The van der Waals surface area contributed by atoms with Crippen LogP contribution >= 0.6 is 0 Å². The third-order valence-electron chi connectivity index (χ3n) is 2.27. The molecule has 2 rings (SSSR count). The van der Waals surface area contributed by atoms with Crippen molar-refractivity contribution in [1.82, 2.24) is 0 Å². The SMILES string of the molecule is O/N=C/c1ccccc1O.O/N=C/c1ccccc1O.[Cu]. The minimum atomic E-state index is 0. The normalized spacial score (nSPS) is 9.90. The number of rotatable bonds is 2. The number of para-hydroxylation sites is 2. The summed E-state index contributed by atoms with van der Waals surface area (Å²) in [6.07, 6.45) is 2.35. The molecule has 2 aromatic rings. The molecule has 6 nitrogen and oxygen atoms in total. The minimum absolute atomic E-state index is 0. The van der Waals surface area contributed by atoms with E-state index in [1.165, 1.54) is 24.6 Å². The van der Waals surface area contributed by atoms with Crippen molar-refractivity contribution < 1.29 is 37.7 Å². The summed E-state index contributed by atoms with van der Waals surface area (Å²) in [5.41, 5.74) is 1.01. The van der Waals surface area contributed by atoms with Crippen molar-refractivity contribution in [3.8, 4) is 11.5 Å². The van der Waals surface area contributed by atoms with Gasteiger partial charge in [-0.2, -0.15) is 0 Å². The third kappa shape index (κ3) is 6.47. The van der Waals surface area contributed by atoms with Crippen LogP contribution in [0.4, 0.5) is 0 Å². The molecule has 0 fully saturated rings. The second-order valence-electron chi connectivity index (χ2n) is 3.61. The number of nitrogens with zero attached hydrogens (tertiary/aromatic N) is 2. The van der Waals surface area contributed by atoms with Crippen LogP contribution in [0.25, 0.3) is 0 Å². The van der Waals surface area contributed by atoms with E-state index >= 15 is 0 Å². The fourth-order valence-corrected chi connectivity index (χ4v) is 1.32. The number of aromatic hydroxyl groups is 2. The Kier molecular flexibility index (Phi) is 9.08. The van der Waals surface area contributed by atoms with E-state index in [9.17, 15) is 0 Å². The minimum Gasteiger partial charge on any atom is -0.507 e. The monoisotopic (exact) mass is 337 g/mol. The Morgan fingerprint density at radius 3 is 1.29 bits per heavy atom. The molecule has 0 aliphatic heterocycles. The molecule has 21 heavy (non-hydrogen) atoms. The predicted octanol–water partition coefficient (Wildman–Crippen LogP) is 2.40. The maximum absolute atomic E-state index is 9.04. The van der Waals surface area contributed by atoms with Crippen molar-refractivity contribution in [2.45, 2.75) is 0 Å². The zero-order chi connectivity index (χ0) is 14.8. The van der Waals surface area contributed by atoms with Crippen LogP contribution in [-0.2, 0) is 17.1 Å². The molecule has 7 heteroatoms. The third-order valence-corrected chi connectivity index (χ3v) is 2.27. The van der Waals surface area contributed by atoms with Gasteiger partial charge in [0.1, 0.15) is 11.5 Å². The van der Waals surface area contributed by atoms with Crippen LogP contribution in [0.2, 0.25) is 0 Å². The van der Waals surface area contributed by atoms with E-state index in [1.807, 2.05) is 0 Å². The molecular formula is C14H14CuN2O4. The Morgan fingerprint density at radius 2 is 1.00 bits per heavy atom. The Bertz CT molecular complexity index is 550. The molecule has 0 atom stereocenters. The van der Waals surface area contributed by atoms with Gasteiger partial charge in [-0.05, 0) is 24.3 Å². The number of oxime groups is 2. The Morgan fingerprint density at radius 1 is 0.667 bits per heavy atom. The van der Waals surface area contributed by atoms with Gasteiger partial charge in [0.15, 0.2) is 0 Å². The Labute approximate surface area is 132 Å². The summed E-state index contributed by atoms with van der Waals surface area (Å²) in [7, 11) is 0. The number of benzene rings is 2. The van der Waals surface area contributed by atoms with Crippen molar-refractivity contribution in [1.29, 1.82) is 0 Å². The van der Waals surface area contributed by atoms with Gasteiger partial charge in [0, 0.05) is 28.2 Å². The summed E-state index contributed by atoms with van der Waals surface area (Å²) in [4.78, 5) is 0. The largest absolute Gasteiger partial charge is 0.507 e. The number of hydrogen-bond acceptors (Lipinski definition) is 6.